The molecule has 0 saturated carbocycles. The van der Waals surface area contributed by atoms with Gasteiger partial charge >= 0.3 is 12.0 Å². The zero-order chi connectivity index (χ0) is 47.9. The molecule has 3 aromatic heterocycles. The van der Waals surface area contributed by atoms with Crippen LogP contribution in [0.5, 0.6) is 0 Å². The second-order valence-corrected chi connectivity index (χ2v) is 20.5. The molecule has 17 heteroatoms. The summed E-state index contributed by atoms with van der Waals surface area (Å²) in [7, 11) is 3.30. The molecule has 2 N–H and O–H groups in total. The number of carbonyl (C=O) groups excluding carboxylic acids is 5. The molecule has 4 aromatic rings. The number of cyclic esters (lactones) is 1. The lowest BCUT2D eigenvalue weighted by atomic mass is 9.77. The summed E-state index contributed by atoms with van der Waals surface area (Å²) in [6.45, 7) is 16.1. The average Bonchev–Trinajstić information content (AvgIpc) is 3.87. The Morgan fingerprint density at radius 3 is 2.60 bits per heavy atom. The van der Waals surface area contributed by atoms with Crippen LogP contribution in [0.2, 0.25) is 0 Å². The number of hydrogen-bond acceptors (Lipinski definition) is 11. The number of carbonyl (C=O) groups is 5. The summed E-state index contributed by atoms with van der Waals surface area (Å²) in [5, 5.41) is 8.12. The maximum Gasteiger partial charge on any atom is 0.324 e. The quantitative estimate of drug-likeness (QED) is 0.168. The minimum Gasteiger partial charge on any atom is -0.464 e. The molecule has 0 unspecified atom stereocenters. The highest BCUT2D eigenvalue weighted by molar-refractivity contribution is 7.10. The number of aryl methyl sites for hydroxylation is 1. The van der Waals surface area contributed by atoms with E-state index < -0.39 is 46.9 Å². The molecule has 356 valence electrons. The normalized spacial score (nSPS) is 21.1. The molecular weight excluding hydrogens is 871 g/mol. The zero-order valence-electron chi connectivity index (χ0n) is 40.1. The van der Waals surface area contributed by atoms with Gasteiger partial charge in [-0.1, -0.05) is 39.7 Å². The van der Waals surface area contributed by atoms with Crippen LogP contribution in [0.1, 0.15) is 90.1 Å². The molecular formula is C50H63N9O7S. The first-order valence-corrected chi connectivity index (χ1v) is 24.3. The summed E-state index contributed by atoms with van der Waals surface area (Å²) in [6.07, 6.45) is 3.93. The van der Waals surface area contributed by atoms with Crippen molar-refractivity contribution in [2.45, 2.75) is 117 Å². The number of amides is 5. The Hall–Kier alpha value is -5.83. The maximum absolute atomic E-state index is 14.7. The van der Waals surface area contributed by atoms with Gasteiger partial charge in [0.15, 0.2) is 0 Å². The predicted molar refractivity (Wildman–Crippen MR) is 255 cm³/mol. The lowest BCUT2D eigenvalue weighted by molar-refractivity contribution is -0.155. The van der Waals surface area contributed by atoms with E-state index in [9.17, 15) is 24.0 Å². The number of methoxy groups -OCH3 is 1. The largest absolute Gasteiger partial charge is 0.464 e. The van der Waals surface area contributed by atoms with Gasteiger partial charge in [0.05, 0.1) is 40.3 Å². The van der Waals surface area contributed by atoms with Crippen LogP contribution in [0.4, 0.5) is 4.79 Å². The molecule has 4 aliphatic rings. The molecule has 4 aliphatic heterocycles. The number of nitrogens with zero attached hydrogens (tertiary/aromatic N) is 7. The van der Waals surface area contributed by atoms with E-state index in [1.165, 1.54) is 21.2 Å². The molecule has 4 atom stereocenters. The van der Waals surface area contributed by atoms with Crippen molar-refractivity contribution in [2.24, 2.45) is 11.3 Å². The van der Waals surface area contributed by atoms with E-state index in [1.807, 2.05) is 32.2 Å². The molecule has 6 bridgehead atoms. The molecule has 7 heterocycles. The Labute approximate surface area is 396 Å². The summed E-state index contributed by atoms with van der Waals surface area (Å²) in [5.74, 6) is 3.26. The molecule has 3 fully saturated rings. The molecule has 0 radical (unpaired) electrons. The van der Waals surface area contributed by atoms with Crippen molar-refractivity contribution in [1.82, 2.24) is 45.0 Å². The minimum absolute atomic E-state index is 0.0737. The van der Waals surface area contributed by atoms with Gasteiger partial charge in [-0.2, -0.15) is 0 Å². The van der Waals surface area contributed by atoms with Crippen LogP contribution in [0, 0.1) is 23.2 Å². The molecule has 3 saturated heterocycles. The Kier molecular flexibility index (Phi) is 13.5. The summed E-state index contributed by atoms with van der Waals surface area (Å²) >= 11 is 1.41. The molecule has 5 amide bonds. The number of rotatable bonds is 8. The number of hydrogen-bond donors (Lipinski definition) is 2. The number of likely N-dealkylation sites (N-methyl/N-ethyl adjacent to an activating group) is 1. The van der Waals surface area contributed by atoms with Crippen LogP contribution in [0.15, 0.2) is 41.9 Å². The number of likely N-dealkylation sites (tertiary alicyclic amines) is 2. The Bertz CT molecular complexity index is 2640. The molecule has 16 nitrogen and oxygen atoms in total. The Morgan fingerprint density at radius 2 is 1.91 bits per heavy atom. The minimum atomic E-state index is -1.09. The second-order valence-electron chi connectivity index (χ2n) is 19.5. The van der Waals surface area contributed by atoms with Gasteiger partial charge in [-0.15, -0.1) is 11.3 Å². The van der Waals surface area contributed by atoms with Crippen molar-refractivity contribution < 1.29 is 33.4 Å². The van der Waals surface area contributed by atoms with Crippen LogP contribution in [-0.4, -0.2) is 135 Å². The van der Waals surface area contributed by atoms with Crippen LogP contribution in [-0.2, 0) is 48.0 Å². The van der Waals surface area contributed by atoms with Crippen LogP contribution < -0.4 is 10.7 Å². The average molecular weight is 934 g/mol. The van der Waals surface area contributed by atoms with Gasteiger partial charge in [0.25, 0.3) is 11.8 Å². The van der Waals surface area contributed by atoms with Crippen molar-refractivity contribution in [1.29, 1.82) is 0 Å². The fourth-order valence-corrected chi connectivity index (χ4v) is 11.1. The molecule has 1 spiro atoms. The number of fused-ring (bicyclic) bond motifs is 6. The van der Waals surface area contributed by atoms with Crippen molar-refractivity contribution in [3.63, 3.8) is 0 Å². The monoisotopic (exact) mass is 933 g/mol. The van der Waals surface area contributed by atoms with Gasteiger partial charge in [0, 0.05) is 92.3 Å². The highest BCUT2D eigenvalue weighted by Gasteiger charge is 2.57. The first-order valence-electron chi connectivity index (χ1n) is 23.4. The van der Waals surface area contributed by atoms with E-state index in [2.05, 4.69) is 72.2 Å². The standard InChI is InChI=1S/C50H63N9O7S/c1-10-14-41(60)56-27-50(28-56)19-22-58(50)48(64)55(8)43(30(3)4)45(61)53-37-24-40-52-38(26-67-40)32-17-18-39-34(23-32)35(44(57(39)11-2)33-15-12-20-51-42(33)31(5)65-9)25-49(6,7)29-66-47(63)36-16-13-21-59(54-36)46(37)62/h12,15,17-18,20,23,26,30-31,36-37,43,54H,11,13,16,19,21-22,24-25,27-29H2,1-9H3,(H,53,61)/t31-,36-,37-,43-/m0/s1. The van der Waals surface area contributed by atoms with E-state index in [1.54, 1.807) is 37.1 Å². The van der Waals surface area contributed by atoms with Crippen LogP contribution in [0.3, 0.4) is 0 Å². The molecule has 1 aromatic carbocycles. The van der Waals surface area contributed by atoms with E-state index in [4.69, 9.17) is 19.4 Å². The number of pyridine rings is 1. The van der Waals surface area contributed by atoms with Gasteiger partial charge < -0.3 is 34.1 Å². The summed E-state index contributed by atoms with van der Waals surface area (Å²) in [4.78, 5) is 84.4. The lowest BCUT2D eigenvalue weighted by Crippen LogP contribution is -2.79. The zero-order valence-corrected chi connectivity index (χ0v) is 40.9. The number of hydrazine groups is 1. The van der Waals surface area contributed by atoms with E-state index in [-0.39, 0.29) is 37.0 Å². The smallest absolute Gasteiger partial charge is 0.324 e. The van der Waals surface area contributed by atoms with E-state index in [0.29, 0.717) is 57.0 Å². The van der Waals surface area contributed by atoms with Gasteiger partial charge in [0.2, 0.25) is 5.91 Å². The third-order valence-electron chi connectivity index (χ3n) is 13.9. The fraction of sp³-hybridized carbons (Fsp3) is 0.540. The van der Waals surface area contributed by atoms with Gasteiger partial charge in [-0.05, 0) is 88.1 Å². The van der Waals surface area contributed by atoms with Crippen LogP contribution in [0.25, 0.3) is 33.4 Å². The third kappa shape index (κ3) is 9.15. The number of urea groups is 1. The first kappa shape index (κ1) is 47.7. The number of nitrogens with one attached hydrogen (secondary N) is 2. The molecule has 8 rings (SSSR count). The van der Waals surface area contributed by atoms with Crippen LogP contribution >= 0.6 is 11.3 Å². The van der Waals surface area contributed by atoms with E-state index >= 15 is 0 Å². The molecule has 67 heavy (non-hydrogen) atoms. The number of thiazole rings is 1. The summed E-state index contributed by atoms with van der Waals surface area (Å²) in [6, 6.07) is 7.29. The SMILES string of the molecule is CC#CC(=O)N1CC2(CCN2C(=O)N(C)[C@H](C(=O)N[C@H]2Cc3nc(cs3)-c3ccc4c(c3)c(c(-c3cccnc3[C@H](C)OC)n4CC)CC(C)(C)COC(=O)[C@@H]3CCCN(N3)C2=O)C(C)C)C1. The number of benzene rings is 1. The Morgan fingerprint density at radius 1 is 1.13 bits per heavy atom. The maximum atomic E-state index is 14.7. The van der Waals surface area contributed by atoms with Crippen molar-refractivity contribution in [3.05, 3.63) is 58.2 Å². The highest BCUT2D eigenvalue weighted by Crippen LogP contribution is 2.43. The second kappa shape index (κ2) is 19.0. The molecule has 0 aliphatic carbocycles. The predicted octanol–water partition coefficient (Wildman–Crippen LogP) is 5.59. The van der Waals surface area contributed by atoms with Crippen molar-refractivity contribution in [3.8, 4) is 34.4 Å². The van der Waals surface area contributed by atoms with Gasteiger partial charge in [0.1, 0.15) is 18.1 Å². The number of esters is 1. The fourth-order valence-electron chi connectivity index (χ4n) is 10.2. The number of ether oxygens (including phenoxy) is 2. The summed E-state index contributed by atoms with van der Waals surface area (Å²) < 4.78 is 14.2. The highest BCUT2D eigenvalue weighted by atomic mass is 32.1. The summed E-state index contributed by atoms with van der Waals surface area (Å²) in [5.41, 5.74) is 8.78. The van der Waals surface area contributed by atoms with Gasteiger partial charge in [-0.3, -0.25) is 29.2 Å². The van der Waals surface area contributed by atoms with E-state index in [0.717, 1.165) is 51.1 Å². The topological polar surface area (TPSA) is 172 Å². The third-order valence-corrected chi connectivity index (χ3v) is 14.7. The van der Waals surface area contributed by atoms with Crippen molar-refractivity contribution in [2.75, 3.05) is 46.9 Å². The number of aromatic nitrogens is 3. The van der Waals surface area contributed by atoms with Gasteiger partial charge in [-0.25, -0.2) is 15.2 Å². The Balaban J connectivity index is 1.14. The lowest BCUT2D eigenvalue weighted by Gasteiger charge is -2.62. The van der Waals surface area contributed by atoms with Crippen molar-refractivity contribution >= 4 is 52.0 Å². The first-order chi connectivity index (χ1) is 32.0.